The van der Waals surface area contributed by atoms with E-state index >= 15 is 0 Å². The number of thiazole rings is 1. The highest BCUT2D eigenvalue weighted by Crippen LogP contribution is 2.20. The van der Waals surface area contributed by atoms with Gasteiger partial charge >= 0.3 is 0 Å². The number of nitrogens with zero attached hydrogens (tertiary/aromatic N) is 1. The van der Waals surface area contributed by atoms with E-state index in [1.54, 1.807) is 41.9 Å². The minimum atomic E-state index is -0.314. The Morgan fingerprint density at radius 3 is 2.29 bits per heavy atom. The Morgan fingerprint density at radius 2 is 1.58 bits per heavy atom. The van der Waals surface area contributed by atoms with Gasteiger partial charge in [-0.2, -0.15) is 0 Å². The summed E-state index contributed by atoms with van der Waals surface area (Å²) in [5.41, 5.74) is 2.29. The predicted octanol–water partition coefficient (Wildman–Crippen LogP) is 3.96. The second-order valence-electron chi connectivity index (χ2n) is 5.11. The van der Waals surface area contributed by atoms with Crippen molar-refractivity contribution in [2.24, 2.45) is 0 Å². The van der Waals surface area contributed by atoms with E-state index < -0.39 is 0 Å². The molecule has 2 N–H and O–H groups in total. The highest BCUT2D eigenvalue weighted by molar-refractivity contribution is 7.13. The van der Waals surface area contributed by atoms with Gasteiger partial charge < -0.3 is 5.32 Å². The van der Waals surface area contributed by atoms with Crippen LogP contribution in [0, 0.1) is 6.92 Å². The molecule has 0 atom stereocenters. The first-order valence-corrected chi connectivity index (χ1v) is 8.20. The van der Waals surface area contributed by atoms with Crippen molar-refractivity contribution in [3.8, 4) is 0 Å². The summed E-state index contributed by atoms with van der Waals surface area (Å²) in [6.45, 7) is 1.87. The van der Waals surface area contributed by atoms with E-state index in [2.05, 4.69) is 15.6 Å². The SMILES string of the molecule is Cc1ccccc1C(=O)Nc1ccccc1C(=O)Nc1nccs1. The van der Waals surface area contributed by atoms with Crippen molar-refractivity contribution in [2.75, 3.05) is 10.6 Å². The smallest absolute Gasteiger partial charge is 0.259 e. The lowest BCUT2D eigenvalue weighted by Crippen LogP contribution is -2.18. The third-order valence-electron chi connectivity index (χ3n) is 3.46. The molecule has 0 bridgehead atoms. The third kappa shape index (κ3) is 3.49. The first-order valence-electron chi connectivity index (χ1n) is 7.32. The molecule has 3 aromatic rings. The molecule has 5 nitrogen and oxygen atoms in total. The van der Waals surface area contributed by atoms with Gasteiger partial charge in [-0.1, -0.05) is 30.3 Å². The highest BCUT2D eigenvalue weighted by Gasteiger charge is 2.15. The van der Waals surface area contributed by atoms with Crippen LogP contribution in [0.5, 0.6) is 0 Å². The van der Waals surface area contributed by atoms with E-state index in [-0.39, 0.29) is 11.8 Å². The number of benzene rings is 2. The molecule has 3 rings (SSSR count). The first kappa shape index (κ1) is 15.9. The Bertz CT molecular complexity index is 875. The number of para-hydroxylation sites is 1. The maximum absolute atomic E-state index is 12.5. The maximum atomic E-state index is 12.5. The van der Waals surface area contributed by atoms with Crippen LogP contribution in [-0.2, 0) is 0 Å². The Morgan fingerprint density at radius 1 is 0.917 bits per heavy atom. The van der Waals surface area contributed by atoms with Gasteiger partial charge in [0.25, 0.3) is 11.8 Å². The second kappa shape index (κ2) is 7.06. The number of hydrogen-bond donors (Lipinski definition) is 2. The topological polar surface area (TPSA) is 71.1 Å². The normalized spacial score (nSPS) is 10.2. The molecular formula is C18H15N3O2S. The summed E-state index contributed by atoms with van der Waals surface area (Å²) in [4.78, 5) is 28.9. The fourth-order valence-corrected chi connectivity index (χ4v) is 2.78. The summed E-state index contributed by atoms with van der Waals surface area (Å²) < 4.78 is 0. The summed E-state index contributed by atoms with van der Waals surface area (Å²) in [5.74, 6) is -0.562. The van der Waals surface area contributed by atoms with E-state index in [9.17, 15) is 9.59 Å². The van der Waals surface area contributed by atoms with E-state index in [4.69, 9.17) is 0 Å². The molecular weight excluding hydrogens is 322 g/mol. The van der Waals surface area contributed by atoms with Crippen molar-refractivity contribution < 1.29 is 9.59 Å². The molecule has 2 aromatic carbocycles. The number of hydrogen-bond acceptors (Lipinski definition) is 4. The predicted molar refractivity (Wildman–Crippen MR) is 95.6 cm³/mol. The van der Waals surface area contributed by atoms with Crippen LogP contribution in [0.4, 0.5) is 10.8 Å². The Hall–Kier alpha value is -2.99. The van der Waals surface area contributed by atoms with Crippen LogP contribution < -0.4 is 10.6 Å². The van der Waals surface area contributed by atoms with E-state index in [1.807, 2.05) is 25.1 Å². The van der Waals surface area contributed by atoms with Gasteiger partial charge in [-0.3, -0.25) is 14.9 Å². The number of rotatable bonds is 4. The maximum Gasteiger partial charge on any atom is 0.259 e. The van der Waals surface area contributed by atoms with Gasteiger partial charge in [0.05, 0.1) is 11.3 Å². The molecule has 0 radical (unpaired) electrons. The van der Waals surface area contributed by atoms with Crippen LogP contribution in [0.25, 0.3) is 0 Å². The van der Waals surface area contributed by atoms with Crippen molar-refractivity contribution in [3.05, 3.63) is 76.8 Å². The van der Waals surface area contributed by atoms with Crippen molar-refractivity contribution >= 4 is 34.0 Å². The zero-order valence-electron chi connectivity index (χ0n) is 12.9. The van der Waals surface area contributed by atoms with Crippen LogP contribution >= 0.6 is 11.3 Å². The summed E-state index contributed by atoms with van der Waals surface area (Å²) in [6, 6.07) is 14.2. The number of carbonyl (C=O) groups is 2. The van der Waals surface area contributed by atoms with Gasteiger partial charge in [0.15, 0.2) is 5.13 Å². The van der Waals surface area contributed by atoms with Gasteiger partial charge in [-0.25, -0.2) is 4.98 Å². The minimum absolute atomic E-state index is 0.248. The number of nitrogens with one attached hydrogen (secondary N) is 2. The molecule has 0 saturated carbocycles. The molecule has 0 saturated heterocycles. The summed E-state index contributed by atoms with van der Waals surface area (Å²) in [5, 5.41) is 7.82. The molecule has 0 unspecified atom stereocenters. The number of anilines is 2. The van der Waals surface area contributed by atoms with Crippen molar-refractivity contribution in [3.63, 3.8) is 0 Å². The lowest BCUT2D eigenvalue weighted by molar-refractivity contribution is 0.102. The van der Waals surface area contributed by atoms with Crippen LogP contribution in [-0.4, -0.2) is 16.8 Å². The Balaban J connectivity index is 1.83. The van der Waals surface area contributed by atoms with E-state index in [0.717, 1.165) is 5.56 Å². The molecule has 2 amide bonds. The monoisotopic (exact) mass is 337 g/mol. The first-order chi connectivity index (χ1) is 11.6. The molecule has 6 heteroatoms. The zero-order valence-corrected chi connectivity index (χ0v) is 13.8. The van der Waals surface area contributed by atoms with Gasteiger partial charge in [0.1, 0.15) is 0 Å². The third-order valence-corrected chi connectivity index (χ3v) is 4.15. The zero-order chi connectivity index (χ0) is 16.9. The average Bonchev–Trinajstić information content (AvgIpc) is 3.08. The van der Waals surface area contributed by atoms with Gasteiger partial charge in [-0.15, -0.1) is 11.3 Å². The Labute approximate surface area is 143 Å². The average molecular weight is 337 g/mol. The summed E-state index contributed by atoms with van der Waals surface area (Å²) >= 11 is 1.33. The fraction of sp³-hybridized carbons (Fsp3) is 0.0556. The number of aromatic nitrogens is 1. The molecule has 1 heterocycles. The van der Waals surface area contributed by atoms with E-state index in [1.165, 1.54) is 11.3 Å². The molecule has 120 valence electrons. The van der Waals surface area contributed by atoms with Crippen LogP contribution in [0.15, 0.2) is 60.1 Å². The summed E-state index contributed by atoms with van der Waals surface area (Å²) in [6.07, 6.45) is 1.62. The van der Waals surface area contributed by atoms with Crippen LogP contribution in [0.3, 0.4) is 0 Å². The highest BCUT2D eigenvalue weighted by atomic mass is 32.1. The van der Waals surface area contributed by atoms with Crippen molar-refractivity contribution in [1.82, 2.24) is 4.98 Å². The lowest BCUT2D eigenvalue weighted by atomic mass is 10.1. The van der Waals surface area contributed by atoms with E-state index in [0.29, 0.717) is 21.9 Å². The van der Waals surface area contributed by atoms with Crippen molar-refractivity contribution in [2.45, 2.75) is 6.92 Å². The lowest BCUT2D eigenvalue weighted by Gasteiger charge is -2.11. The molecule has 0 aliphatic heterocycles. The molecule has 0 aliphatic rings. The van der Waals surface area contributed by atoms with Crippen LogP contribution in [0.1, 0.15) is 26.3 Å². The molecule has 0 aliphatic carbocycles. The quantitative estimate of drug-likeness (QED) is 0.757. The van der Waals surface area contributed by atoms with Gasteiger partial charge in [0, 0.05) is 17.1 Å². The Kier molecular flexibility index (Phi) is 4.67. The van der Waals surface area contributed by atoms with Gasteiger partial charge in [0.2, 0.25) is 0 Å². The molecule has 0 spiro atoms. The number of carbonyl (C=O) groups excluding carboxylic acids is 2. The second-order valence-corrected chi connectivity index (χ2v) is 6.00. The summed E-state index contributed by atoms with van der Waals surface area (Å²) in [7, 11) is 0. The standard InChI is InChI=1S/C18H15N3O2S/c1-12-6-2-3-7-13(12)16(22)20-15-9-5-4-8-14(15)17(23)21-18-19-10-11-24-18/h2-11H,1H3,(H,20,22)(H,19,21,23). The largest absolute Gasteiger partial charge is 0.321 e. The fourth-order valence-electron chi connectivity index (χ4n) is 2.26. The molecule has 0 fully saturated rings. The molecule has 24 heavy (non-hydrogen) atoms. The minimum Gasteiger partial charge on any atom is -0.321 e. The van der Waals surface area contributed by atoms with Crippen molar-refractivity contribution in [1.29, 1.82) is 0 Å². The van der Waals surface area contributed by atoms with Gasteiger partial charge in [-0.05, 0) is 30.7 Å². The molecule has 1 aromatic heterocycles. The van der Waals surface area contributed by atoms with Crippen LogP contribution in [0.2, 0.25) is 0 Å². The number of aryl methyl sites for hydroxylation is 1. The number of amides is 2.